The van der Waals surface area contributed by atoms with Gasteiger partial charge in [0, 0.05) is 43.4 Å². The number of carbonyl (C=O) groups is 2. The number of aliphatic carboxylic acids is 1. The van der Waals surface area contributed by atoms with Gasteiger partial charge in [0.1, 0.15) is 17.3 Å². The second-order valence-corrected chi connectivity index (χ2v) is 13.1. The summed E-state index contributed by atoms with van der Waals surface area (Å²) < 4.78 is 25.4. The molecule has 2 N–H and O–H groups in total. The molecule has 1 aromatic heterocycles. The van der Waals surface area contributed by atoms with Gasteiger partial charge >= 0.3 is 5.97 Å². The maximum Gasteiger partial charge on any atom is 0.337 e. The second kappa shape index (κ2) is 13.3. The van der Waals surface area contributed by atoms with Crippen LogP contribution in [0.25, 0.3) is 11.1 Å². The first-order chi connectivity index (χ1) is 20.7. The van der Waals surface area contributed by atoms with Gasteiger partial charge in [-0.05, 0) is 81.3 Å². The zero-order chi connectivity index (χ0) is 32.2. The lowest BCUT2D eigenvalue weighted by atomic mass is 9.81. The lowest BCUT2D eigenvalue weighted by molar-refractivity contribution is -0.160. The molecule has 4 rings (SSSR count). The van der Waals surface area contributed by atoms with Crippen molar-refractivity contribution < 1.29 is 28.6 Å². The topological polar surface area (TPSA) is 101 Å². The third kappa shape index (κ3) is 7.94. The summed E-state index contributed by atoms with van der Waals surface area (Å²) >= 11 is 0. The second-order valence-electron chi connectivity index (χ2n) is 13.1. The summed E-state index contributed by atoms with van der Waals surface area (Å²) in [5.74, 6) is -1.12. The summed E-state index contributed by atoms with van der Waals surface area (Å²) in [6.45, 7) is 13.5. The van der Waals surface area contributed by atoms with E-state index in [0.29, 0.717) is 59.9 Å². The quantitative estimate of drug-likeness (QED) is 0.264. The van der Waals surface area contributed by atoms with E-state index in [0.717, 1.165) is 18.4 Å². The molecule has 1 aliphatic rings. The van der Waals surface area contributed by atoms with Gasteiger partial charge < -0.3 is 24.8 Å². The van der Waals surface area contributed by atoms with Crippen LogP contribution >= 0.6 is 0 Å². The van der Waals surface area contributed by atoms with Crippen LogP contribution in [0.4, 0.5) is 10.1 Å². The SMILES string of the molecule is CNC(=O)c1nc(C)c([C@H](OC(C)(C)C)C(=O)O)c(N2CCC(C)(C)CC2)c1-c1ccc(OCCc2ccc(F)cc2)cc1. The van der Waals surface area contributed by atoms with Crippen LogP contribution in [0.1, 0.15) is 80.9 Å². The number of carboxylic acids is 1. The fourth-order valence-electron chi connectivity index (χ4n) is 5.48. The molecule has 9 heteroatoms. The van der Waals surface area contributed by atoms with Crippen LogP contribution in [-0.4, -0.2) is 54.3 Å². The van der Waals surface area contributed by atoms with Crippen LogP contribution in [0, 0.1) is 18.2 Å². The summed E-state index contributed by atoms with van der Waals surface area (Å²) in [7, 11) is 1.56. The highest BCUT2D eigenvalue weighted by molar-refractivity contribution is 6.03. The largest absolute Gasteiger partial charge is 0.493 e. The molecular formula is C35H44FN3O5. The van der Waals surface area contributed by atoms with Crippen LogP contribution in [0.15, 0.2) is 48.5 Å². The third-order valence-electron chi connectivity index (χ3n) is 7.95. The maximum atomic E-state index is 13.3. The number of halogens is 1. The van der Waals surface area contributed by atoms with Crippen LogP contribution < -0.4 is 15.0 Å². The number of carbonyl (C=O) groups excluding carboxylic acids is 1. The van der Waals surface area contributed by atoms with Crippen molar-refractivity contribution in [2.45, 2.75) is 72.5 Å². The highest BCUT2D eigenvalue weighted by Gasteiger charge is 2.37. The molecule has 1 aliphatic heterocycles. The minimum Gasteiger partial charge on any atom is -0.493 e. The molecule has 1 atom stereocenters. The van der Waals surface area contributed by atoms with Gasteiger partial charge in [0.05, 0.1) is 17.9 Å². The molecule has 236 valence electrons. The molecule has 8 nitrogen and oxygen atoms in total. The molecule has 1 saturated heterocycles. The average Bonchev–Trinajstić information content (AvgIpc) is 2.96. The highest BCUT2D eigenvalue weighted by Crippen LogP contribution is 2.45. The molecule has 2 aromatic carbocycles. The summed E-state index contributed by atoms with van der Waals surface area (Å²) in [6, 6.07) is 13.7. The lowest BCUT2D eigenvalue weighted by Crippen LogP contribution is -2.40. The van der Waals surface area contributed by atoms with Gasteiger partial charge in [0.15, 0.2) is 6.10 Å². The van der Waals surface area contributed by atoms with Crippen molar-refractivity contribution >= 4 is 17.6 Å². The Kier molecular flexibility index (Phi) is 9.98. The lowest BCUT2D eigenvalue weighted by Gasteiger charge is -2.41. The number of nitrogens with zero attached hydrogens (tertiary/aromatic N) is 2. The van der Waals surface area contributed by atoms with E-state index in [1.807, 2.05) is 45.0 Å². The fourth-order valence-corrected chi connectivity index (χ4v) is 5.48. The van der Waals surface area contributed by atoms with E-state index < -0.39 is 17.7 Å². The molecule has 0 unspecified atom stereocenters. The monoisotopic (exact) mass is 605 g/mol. The fraction of sp³-hybridized carbons (Fsp3) is 0.457. The Morgan fingerprint density at radius 2 is 1.68 bits per heavy atom. The Bertz CT molecular complexity index is 1470. The molecule has 0 radical (unpaired) electrons. The van der Waals surface area contributed by atoms with Gasteiger partial charge in [-0.2, -0.15) is 0 Å². The number of rotatable bonds is 10. The summed E-state index contributed by atoms with van der Waals surface area (Å²) in [5, 5.41) is 13.1. The average molecular weight is 606 g/mol. The number of aromatic nitrogens is 1. The normalized spacial score (nSPS) is 15.5. The summed E-state index contributed by atoms with van der Waals surface area (Å²) in [5.41, 5.74) is 3.41. The van der Waals surface area contributed by atoms with Crippen LogP contribution in [0.5, 0.6) is 5.75 Å². The molecule has 0 aliphatic carbocycles. The molecule has 0 saturated carbocycles. The first-order valence-electron chi connectivity index (χ1n) is 15.1. The number of nitrogens with one attached hydrogen (secondary N) is 1. The number of hydrogen-bond donors (Lipinski definition) is 2. The van der Waals surface area contributed by atoms with Crippen molar-refractivity contribution in [1.82, 2.24) is 10.3 Å². The number of hydrogen-bond acceptors (Lipinski definition) is 6. The van der Waals surface area contributed by atoms with Crippen LogP contribution in [0.3, 0.4) is 0 Å². The Morgan fingerprint density at radius 1 is 1.07 bits per heavy atom. The number of anilines is 1. The van der Waals surface area contributed by atoms with Gasteiger partial charge in [-0.3, -0.25) is 4.79 Å². The van der Waals surface area contributed by atoms with E-state index >= 15 is 0 Å². The third-order valence-corrected chi connectivity index (χ3v) is 7.95. The van der Waals surface area contributed by atoms with Crippen molar-refractivity contribution in [2.75, 3.05) is 31.6 Å². The molecule has 1 amide bonds. The van der Waals surface area contributed by atoms with Crippen molar-refractivity contribution in [3.8, 4) is 16.9 Å². The Morgan fingerprint density at radius 3 is 2.23 bits per heavy atom. The summed E-state index contributed by atoms with van der Waals surface area (Å²) in [4.78, 5) is 33.0. The predicted octanol–water partition coefficient (Wildman–Crippen LogP) is 6.74. The van der Waals surface area contributed by atoms with Crippen LogP contribution in [0.2, 0.25) is 0 Å². The van der Waals surface area contributed by atoms with Gasteiger partial charge in [0.2, 0.25) is 0 Å². The van der Waals surface area contributed by atoms with Crippen molar-refractivity contribution in [3.63, 3.8) is 0 Å². The van der Waals surface area contributed by atoms with Crippen LogP contribution in [-0.2, 0) is 16.0 Å². The maximum absolute atomic E-state index is 13.3. The van der Waals surface area contributed by atoms with E-state index in [9.17, 15) is 19.1 Å². The minimum atomic E-state index is -1.29. The minimum absolute atomic E-state index is 0.142. The van der Waals surface area contributed by atoms with E-state index in [1.165, 1.54) is 12.1 Å². The molecule has 3 aromatic rings. The van der Waals surface area contributed by atoms with Gasteiger partial charge in [-0.25, -0.2) is 14.2 Å². The number of ether oxygens (including phenoxy) is 2. The zero-order valence-electron chi connectivity index (χ0n) is 26.8. The Balaban J connectivity index is 1.82. The summed E-state index contributed by atoms with van der Waals surface area (Å²) in [6.07, 6.45) is 1.13. The Hall–Kier alpha value is -3.98. The van der Waals surface area contributed by atoms with Gasteiger partial charge in [-0.15, -0.1) is 0 Å². The standard InChI is InChI=1S/C35H44FN3O5/c1-22-27(31(33(41)42)44-34(2,3)4)30(39-19-17-35(5,6)18-20-39)28(29(38-22)32(40)37-7)24-10-14-26(15-11-24)43-21-16-23-8-12-25(36)13-9-23/h8-15,31H,16-21H2,1-7H3,(H,37,40)(H,41,42)/t31-/m0/s1. The number of carboxylic acid groups (broad SMARTS) is 1. The number of piperidine rings is 1. The molecule has 2 heterocycles. The van der Waals surface area contributed by atoms with E-state index in [1.54, 1.807) is 26.1 Å². The smallest absolute Gasteiger partial charge is 0.337 e. The zero-order valence-corrected chi connectivity index (χ0v) is 26.8. The van der Waals surface area contributed by atoms with Gasteiger partial charge in [0.25, 0.3) is 5.91 Å². The van der Waals surface area contributed by atoms with E-state index in [4.69, 9.17) is 14.5 Å². The molecule has 0 spiro atoms. The number of amides is 1. The Labute approximate surface area is 259 Å². The first-order valence-corrected chi connectivity index (χ1v) is 15.1. The number of aryl methyl sites for hydroxylation is 1. The molecule has 1 fully saturated rings. The van der Waals surface area contributed by atoms with Gasteiger partial charge in [-0.1, -0.05) is 38.1 Å². The number of benzene rings is 2. The first kappa shape index (κ1) is 32.9. The molecule has 44 heavy (non-hydrogen) atoms. The number of pyridine rings is 1. The van der Waals surface area contributed by atoms with Crippen molar-refractivity contribution in [1.29, 1.82) is 0 Å². The highest BCUT2D eigenvalue weighted by atomic mass is 19.1. The van der Waals surface area contributed by atoms with Crippen molar-refractivity contribution in [3.05, 3.63) is 76.9 Å². The van der Waals surface area contributed by atoms with E-state index in [2.05, 4.69) is 24.1 Å². The molecule has 0 bridgehead atoms. The van der Waals surface area contributed by atoms with Crippen molar-refractivity contribution in [2.24, 2.45) is 5.41 Å². The predicted molar refractivity (Wildman–Crippen MR) is 170 cm³/mol. The van der Waals surface area contributed by atoms with E-state index in [-0.39, 0.29) is 22.8 Å². The molecular weight excluding hydrogens is 561 g/mol.